The number of benzene rings is 1. The molecule has 1 fully saturated rings. The van der Waals surface area contributed by atoms with Crippen LogP contribution in [0.3, 0.4) is 0 Å². The molecule has 1 aliphatic heterocycles. The van der Waals surface area contributed by atoms with Crippen molar-refractivity contribution in [3.8, 4) is 5.75 Å². The smallest absolute Gasteiger partial charge is 0.227 e. The highest BCUT2D eigenvalue weighted by Crippen LogP contribution is 2.23. The third kappa shape index (κ3) is 3.84. The lowest BCUT2D eigenvalue weighted by atomic mass is 9.88. The molecule has 1 saturated heterocycles. The number of hydrogen-bond acceptors (Lipinski definition) is 3. The summed E-state index contributed by atoms with van der Waals surface area (Å²) in [5.74, 6) is -0.0344. The molecule has 1 heterocycles. The second kappa shape index (κ2) is 7.45. The van der Waals surface area contributed by atoms with Crippen LogP contribution >= 0.6 is 12.4 Å². The third-order valence-electron chi connectivity index (χ3n) is 3.43. The predicted octanol–water partition coefficient (Wildman–Crippen LogP) is 2.44. The van der Waals surface area contributed by atoms with Crippen LogP contribution < -0.4 is 15.4 Å². The molecule has 6 heteroatoms. The minimum absolute atomic E-state index is 0. The Morgan fingerprint density at radius 2 is 2.25 bits per heavy atom. The minimum Gasteiger partial charge on any atom is -0.491 e. The van der Waals surface area contributed by atoms with Gasteiger partial charge in [0, 0.05) is 17.7 Å². The Kier molecular flexibility index (Phi) is 6.23. The lowest BCUT2D eigenvalue weighted by molar-refractivity contribution is -0.121. The van der Waals surface area contributed by atoms with Gasteiger partial charge in [0.25, 0.3) is 0 Å². The number of rotatable bonds is 5. The second-order valence-electron chi connectivity index (χ2n) is 4.77. The molecule has 0 aliphatic carbocycles. The first-order chi connectivity index (χ1) is 9.11. The van der Waals surface area contributed by atoms with Crippen LogP contribution in [-0.2, 0) is 4.79 Å². The standard InChI is InChI=1S/C14H19FN2O2.ClH/c1-3-19-13-5-4-11(6-12(13)15)17-14(18)9(2)10-7-16-8-10;/h4-6,9-10,16H,3,7-8H2,1-2H3,(H,17,18);1H. The molecular weight excluding hydrogens is 283 g/mol. The number of carbonyl (C=O) groups is 1. The number of nitrogens with one attached hydrogen (secondary N) is 2. The molecule has 4 nitrogen and oxygen atoms in total. The van der Waals surface area contributed by atoms with Crippen LogP contribution in [-0.4, -0.2) is 25.6 Å². The van der Waals surface area contributed by atoms with Crippen LogP contribution in [0.15, 0.2) is 18.2 Å². The molecule has 2 N–H and O–H groups in total. The normalized spacial score (nSPS) is 15.8. The zero-order valence-corrected chi connectivity index (χ0v) is 12.4. The van der Waals surface area contributed by atoms with Gasteiger partial charge in [-0.05, 0) is 38.1 Å². The highest BCUT2D eigenvalue weighted by atomic mass is 35.5. The van der Waals surface area contributed by atoms with E-state index in [4.69, 9.17) is 4.74 Å². The molecule has 112 valence electrons. The summed E-state index contributed by atoms with van der Waals surface area (Å²) < 4.78 is 18.8. The van der Waals surface area contributed by atoms with Gasteiger partial charge >= 0.3 is 0 Å². The summed E-state index contributed by atoms with van der Waals surface area (Å²) in [4.78, 5) is 12.0. The molecule has 0 spiro atoms. The van der Waals surface area contributed by atoms with Gasteiger partial charge in [0.15, 0.2) is 11.6 Å². The molecule has 0 bridgehead atoms. The van der Waals surface area contributed by atoms with Crippen LogP contribution in [0.2, 0.25) is 0 Å². The van der Waals surface area contributed by atoms with Gasteiger partial charge in [-0.25, -0.2) is 4.39 Å². The van der Waals surface area contributed by atoms with Crippen LogP contribution in [0, 0.1) is 17.7 Å². The van der Waals surface area contributed by atoms with Gasteiger partial charge in [0.2, 0.25) is 5.91 Å². The first-order valence-electron chi connectivity index (χ1n) is 6.55. The molecular formula is C14H20ClFN2O2. The fourth-order valence-electron chi connectivity index (χ4n) is 1.99. The maximum Gasteiger partial charge on any atom is 0.227 e. The van der Waals surface area contributed by atoms with E-state index in [2.05, 4.69) is 10.6 Å². The molecule has 0 radical (unpaired) electrons. The molecule has 1 aliphatic rings. The monoisotopic (exact) mass is 302 g/mol. The van der Waals surface area contributed by atoms with Crippen LogP contribution in [0.25, 0.3) is 0 Å². The first-order valence-corrected chi connectivity index (χ1v) is 6.55. The first kappa shape index (κ1) is 16.7. The predicted molar refractivity (Wildman–Crippen MR) is 79.0 cm³/mol. The van der Waals surface area contributed by atoms with Gasteiger partial charge in [0.1, 0.15) is 0 Å². The fraction of sp³-hybridized carbons (Fsp3) is 0.500. The van der Waals surface area contributed by atoms with E-state index >= 15 is 0 Å². The fourth-order valence-corrected chi connectivity index (χ4v) is 1.99. The Labute approximate surface area is 124 Å². The van der Waals surface area contributed by atoms with Gasteiger partial charge in [-0.15, -0.1) is 12.4 Å². The summed E-state index contributed by atoms with van der Waals surface area (Å²) >= 11 is 0. The second-order valence-corrected chi connectivity index (χ2v) is 4.77. The van der Waals surface area contributed by atoms with Crippen LogP contribution in [0.4, 0.5) is 10.1 Å². The SMILES string of the molecule is CCOc1ccc(NC(=O)C(C)C2CNC2)cc1F.Cl. The number of halogens is 2. The Morgan fingerprint density at radius 1 is 1.55 bits per heavy atom. The quantitative estimate of drug-likeness (QED) is 0.878. The largest absolute Gasteiger partial charge is 0.491 e. The molecule has 0 saturated carbocycles. The number of anilines is 1. The van der Waals surface area contributed by atoms with Gasteiger partial charge < -0.3 is 15.4 Å². The molecule has 1 unspecified atom stereocenters. The molecule has 1 aromatic carbocycles. The lowest BCUT2D eigenvalue weighted by Crippen LogP contribution is -2.48. The number of carbonyl (C=O) groups excluding carboxylic acids is 1. The van der Waals surface area contributed by atoms with Crippen molar-refractivity contribution in [1.29, 1.82) is 0 Å². The van der Waals surface area contributed by atoms with Crippen molar-refractivity contribution in [1.82, 2.24) is 5.32 Å². The Morgan fingerprint density at radius 3 is 2.75 bits per heavy atom. The maximum absolute atomic E-state index is 13.6. The Balaban J connectivity index is 0.00000200. The highest BCUT2D eigenvalue weighted by molar-refractivity contribution is 5.92. The van der Waals surface area contributed by atoms with Crippen LogP contribution in [0.5, 0.6) is 5.75 Å². The third-order valence-corrected chi connectivity index (χ3v) is 3.43. The molecule has 20 heavy (non-hydrogen) atoms. The molecule has 1 atom stereocenters. The zero-order valence-electron chi connectivity index (χ0n) is 11.6. The number of amides is 1. The molecule has 1 aromatic rings. The Bertz CT molecular complexity index is 466. The van der Waals surface area contributed by atoms with E-state index in [1.54, 1.807) is 13.0 Å². The molecule has 1 amide bonds. The minimum atomic E-state index is -0.461. The van der Waals surface area contributed by atoms with Gasteiger partial charge in [-0.2, -0.15) is 0 Å². The van der Waals surface area contributed by atoms with Crippen molar-refractivity contribution in [3.05, 3.63) is 24.0 Å². The summed E-state index contributed by atoms with van der Waals surface area (Å²) in [6.45, 7) is 5.84. The van der Waals surface area contributed by atoms with E-state index in [-0.39, 0.29) is 30.0 Å². The van der Waals surface area contributed by atoms with E-state index in [1.165, 1.54) is 12.1 Å². The van der Waals surface area contributed by atoms with E-state index in [9.17, 15) is 9.18 Å². The van der Waals surface area contributed by atoms with Gasteiger partial charge in [0.05, 0.1) is 6.61 Å². The highest BCUT2D eigenvalue weighted by Gasteiger charge is 2.28. The van der Waals surface area contributed by atoms with E-state index in [1.807, 2.05) is 6.92 Å². The van der Waals surface area contributed by atoms with Gasteiger partial charge in [-0.3, -0.25) is 4.79 Å². The maximum atomic E-state index is 13.6. The molecule has 0 aromatic heterocycles. The van der Waals surface area contributed by atoms with Crippen molar-refractivity contribution in [2.75, 3.05) is 25.0 Å². The summed E-state index contributed by atoms with van der Waals surface area (Å²) in [7, 11) is 0. The summed E-state index contributed by atoms with van der Waals surface area (Å²) in [6.07, 6.45) is 0. The van der Waals surface area contributed by atoms with Crippen molar-refractivity contribution < 1.29 is 13.9 Å². The topological polar surface area (TPSA) is 50.4 Å². The van der Waals surface area contributed by atoms with Gasteiger partial charge in [-0.1, -0.05) is 6.92 Å². The lowest BCUT2D eigenvalue weighted by Gasteiger charge is -2.31. The van der Waals surface area contributed by atoms with E-state index in [0.717, 1.165) is 13.1 Å². The Hall–Kier alpha value is -1.33. The van der Waals surface area contributed by atoms with E-state index in [0.29, 0.717) is 18.2 Å². The average molecular weight is 303 g/mol. The summed E-state index contributed by atoms with van der Waals surface area (Å²) in [5.41, 5.74) is 0.463. The van der Waals surface area contributed by atoms with Crippen molar-refractivity contribution in [2.45, 2.75) is 13.8 Å². The van der Waals surface area contributed by atoms with E-state index < -0.39 is 5.82 Å². The van der Waals surface area contributed by atoms with Crippen molar-refractivity contribution >= 4 is 24.0 Å². The summed E-state index contributed by atoms with van der Waals surface area (Å²) in [6, 6.07) is 4.47. The number of hydrogen-bond donors (Lipinski definition) is 2. The van der Waals surface area contributed by atoms with Crippen molar-refractivity contribution in [3.63, 3.8) is 0 Å². The average Bonchev–Trinajstić information content (AvgIpc) is 2.30. The molecule has 2 rings (SSSR count). The van der Waals surface area contributed by atoms with Crippen molar-refractivity contribution in [2.24, 2.45) is 11.8 Å². The van der Waals surface area contributed by atoms with Crippen LogP contribution in [0.1, 0.15) is 13.8 Å². The zero-order chi connectivity index (χ0) is 13.8. The summed E-state index contributed by atoms with van der Waals surface area (Å²) in [5, 5.41) is 5.87. The number of ether oxygens (including phenoxy) is 1.